The Labute approximate surface area is 164 Å². The highest BCUT2D eigenvalue weighted by atomic mass is 16.5. The highest BCUT2D eigenvalue weighted by Crippen LogP contribution is 2.33. The van der Waals surface area contributed by atoms with Crippen LogP contribution in [0.1, 0.15) is 51.7 Å². The maximum absolute atomic E-state index is 5.43. The summed E-state index contributed by atoms with van der Waals surface area (Å²) in [6.07, 6.45) is 6.07. The Kier molecular flexibility index (Phi) is 5.87. The second kappa shape index (κ2) is 7.99. The average molecular weight is 368 g/mol. The van der Waals surface area contributed by atoms with Gasteiger partial charge in [-0.05, 0) is 69.9 Å². The van der Waals surface area contributed by atoms with Gasteiger partial charge in [-0.25, -0.2) is 0 Å². The monoisotopic (exact) mass is 367 g/mol. The van der Waals surface area contributed by atoms with Crippen molar-refractivity contribution in [3.63, 3.8) is 0 Å². The second-order valence-corrected chi connectivity index (χ2v) is 9.07. The fourth-order valence-corrected chi connectivity index (χ4v) is 4.57. The normalized spacial score (nSPS) is 19.2. The van der Waals surface area contributed by atoms with Crippen LogP contribution in [0.25, 0.3) is 0 Å². The lowest BCUT2D eigenvalue weighted by Gasteiger charge is -2.49. The molecule has 0 unspecified atom stereocenters. The zero-order valence-corrected chi connectivity index (χ0v) is 17.3. The third-order valence-corrected chi connectivity index (χ3v) is 5.31. The van der Waals surface area contributed by atoms with Gasteiger partial charge in [-0.3, -0.25) is 9.88 Å². The van der Waals surface area contributed by atoms with Crippen LogP contribution in [0.5, 0.6) is 5.75 Å². The van der Waals surface area contributed by atoms with Gasteiger partial charge in [0.05, 0.1) is 7.11 Å². The van der Waals surface area contributed by atoms with Crippen LogP contribution >= 0.6 is 0 Å². The number of ether oxygens (including phenoxy) is 1. The minimum absolute atomic E-state index is 0.119. The van der Waals surface area contributed by atoms with Crippen molar-refractivity contribution in [3.8, 4) is 5.75 Å². The first-order valence-corrected chi connectivity index (χ1v) is 9.82. The molecule has 3 rings (SSSR count). The van der Waals surface area contributed by atoms with E-state index >= 15 is 0 Å². The summed E-state index contributed by atoms with van der Waals surface area (Å²) in [4.78, 5) is 6.92. The molecule has 1 aromatic carbocycles. The van der Waals surface area contributed by atoms with E-state index in [9.17, 15) is 0 Å². The Hall–Kier alpha value is -1.91. The number of piperidine rings is 1. The van der Waals surface area contributed by atoms with Gasteiger partial charge >= 0.3 is 0 Å². The summed E-state index contributed by atoms with van der Waals surface area (Å²) in [6.45, 7) is 11.1. The van der Waals surface area contributed by atoms with Crippen molar-refractivity contribution < 1.29 is 4.74 Å². The smallest absolute Gasteiger partial charge is 0.119 e. The molecule has 2 aromatic rings. The maximum Gasteiger partial charge on any atom is 0.119 e. The van der Waals surface area contributed by atoms with E-state index in [0.717, 1.165) is 31.7 Å². The van der Waals surface area contributed by atoms with Crippen LogP contribution in [-0.4, -0.2) is 34.1 Å². The highest BCUT2D eigenvalue weighted by Gasteiger charge is 2.39. The first-order chi connectivity index (χ1) is 12.8. The number of methoxy groups -OCH3 is 1. The standard InChI is InChI=1S/C23H33N3O/c1-22(2)13-20(14-23(3,4)25-22)26(17-19-9-7-11-24-15-19)16-18-8-6-10-21(12-18)27-5/h6-12,15,20,25H,13-14,16-17H2,1-5H3. The summed E-state index contributed by atoms with van der Waals surface area (Å²) >= 11 is 0. The summed E-state index contributed by atoms with van der Waals surface area (Å²) in [6, 6.07) is 13.1. The quantitative estimate of drug-likeness (QED) is 0.821. The molecule has 146 valence electrons. The van der Waals surface area contributed by atoms with Crippen LogP contribution in [-0.2, 0) is 13.1 Å². The molecule has 1 fully saturated rings. The topological polar surface area (TPSA) is 37.4 Å². The lowest BCUT2D eigenvalue weighted by Crippen LogP contribution is -2.62. The first-order valence-electron chi connectivity index (χ1n) is 9.82. The molecule has 0 spiro atoms. The van der Waals surface area contributed by atoms with Gasteiger partial charge in [-0.2, -0.15) is 0 Å². The molecule has 0 atom stereocenters. The Balaban J connectivity index is 1.86. The van der Waals surface area contributed by atoms with Gasteiger partial charge in [0.2, 0.25) is 0 Å². The third-order valence-electron chi connectivity index (χ3n) is 5.31. The van der Waals surface area contributed by atoms with Crippen LogP contribution < -0.4 is 10.1 Å². The number of nitrogens with zero attached hydrogens (tertiary/aromatic N) is 2. The average Bonchev–Trinajstić information content (AvgIpc) is 2.59. The van der Waals surface area contributed by atoms with Gasteiger partial charge in [-0.15, -0.1) is 0 Å². The molecule has 1 N–H and O–H groups in total. The Morgan fingerprint density at radius 2 is 1.70 bits per heavy atom. The molecular formula is C23H33N3O. The molecular weight excluding hydrogens is 334 g/mol. The van der Waals surface area contributed by atoms with E-state index in [2.05, 4.69) is 67.2 Å². The van der Waals surface area contributed by atoms with Gasteiger partial charge in [-0.1, -0.05) is 18.2 Å². The van der Waals surface area contributed by atoms with Crippen LogP contribution in [0.4, 0.5) is 0 Å². The van der Waals surface area contributed by atoms with Crippen LogP contribution in [0, 0.1) is 0 Å². The minimum Gasteiger partial charge on any atom is -0.497 e. The molecule has 0 saturated carbocycles. The van der Waals surface area contributed by atoms with Crippen LogP contribution in [0.15, 0.2) is 48.8 Å². The number of pyridine rings is 1. The molecule has 0 radical (unpaired) electrons. The first kappa shape index (κ1) is 19.8. The number of rotatable bonds is 6. The maximum atomic E-state index is 5.43. The van der Waals surface area contributed by atoms with E-state index in [4.69, 9.17) is 4.74 Å². The number of nitrogens with one attached hydrogen (secondary N) is 1. The van der Waals surface area contributed by atoms with Crippen molar-refractivity contribution in [2.45, 2.75) is 70.7 Å². The molecule has 1 saturated heterocycles. The lowest BCUT2D eigenvalue weighted by molar-refractivity contribution is 0.0563. The second-order valence-electron chi connectivity index (χ2n) is 9.07. The minimum atomic E-state index is 0.119. The van der Waals surface area contributed by atoms with Crippen molar-refractivity contribution in [1.82, 2.24) is 15.2 Å². The van der Waals surface area contributed by atoms with E-state index < -0.39 is 0 Å². The summed E-state index contributed by atoms with van der Waals surface area (Å²) < 4.78 is 5.43. The summed E-state index contributed by atoms with van der Waals surface area (Å²) in [5.41, 5.74) is 2.78. The highest BCUT2D eigenvalue weighted by molar-refractivity contribution is 5.28. The summed E-state index contributed by atoms with van der Waals surface area (Å²) in [7, 11) is 1.73. The van der Waals surface area contributed by atoms with Crippen molar-refractivity contribution in [1.29, 1.82) is 0 Å². The summed E-state index contributed by atoms with van der Waals surface area (Å²) in [5.74, 6) is 0.916. The Morgan fingerprint density at radius 3 is 2.33 bits per heavy atom. The number of hydrogen-bond donors (Lipinski definition) is 1. The predicted molar refractivity (Wildman–Crippen MR) is 111 cm³/mol. The van der Waals surface area contributed by atoms with E-state index in [1.54, 1.807) is 7.11 Å². The molecule has 1 aliphatic heterocycles. The van der Waals surface area contributed by atoms with Crippen molar-refractivity contribution in [2.75, 3.05) is 7.11 Å². The molecule has 1 aromatic heterocycles. The molecule has 2 heterocycles. The van der Waals surface area contributed by atoms with Crippen molar-refractivity contribution in [2.24, 2.45) is 0 Å². The van der Waals surface area contributed by atoms with Crippen LogP contribution in [0.2, 0.25) is 0 Å². The Bertz CT molecular complexity index is 726. The fraction of sp³-hybridized carbons (Fsp3) is 0.522. The fourth-order valence-electron chi connectivity index (χ4n) is 4.57. The lowest BCUT2D eigenvalue weighted by atomic mass is 9.79. The van der Waals surface area contributed by atoms with Gasteiger partial charge < -0.3 is 10.1 Å². The third kappa shape index (κ3) is 5.53. The van der Waals surface area contributed by atoms with Gasteiger partial charge in [0.1, 0.15) is 5.75 Å². The van der Waals surface area contributed by atoms with Crippen molar-refractivity contribution >= 4 is 0 Å². The zero-order chi connectivity index (χ0) is 19.5. The molecule has 27 heavy (non-hydrogen) atoms. The largest absolute Gasteiger partial charge is 0.497 e. The predicted octanol–water partition coefficient (Wildman–Crippen LogP) is 4.40. The molecule has 1 aliphatic rings. The van der Waals surface area contributed by atoms with E-state index in [-0.39, 0.29) is 11.1 Å². The van der Waals surface area contributed by atoms with E-state index in [1.165, 1.54) is 11.1 Å². The molecule has 4 heteroatoms. The SMILES string of the molecule is COc1cccc(CN(Cc2cccnc2)C2CC(C)(C)NC(C)(C)C2)c1. The molecule has 0 aliphatic carbocycles. The number of benzene rings is 1. The van der Waals surface area contributed by atoms with Crippen LogP contribution in [0.3, 0.4) is 0 Å². The Morgan fingerprint density at radius 1 is 1.04 bits per heavy atom. The van der Waals surface area contributed by atoms with Crippen molar-refractivity contribution in [3.05, 3.63) is 59.9 Å². The van der Waals surface area contributed by atoms with E-state index in [1.807, 2.05) is 24.5 Å². The summed E-state index contributed by atoms with van der Waals surface area (Å²) in [5, 5.41) is 3.80. The van der Waals surface area contributed by atoms with Gasteiger partial charge in [0, 0.05) is 42.6 Å². The van der Waals surface area contributed by atoms with E-state index in [0.29, 0.717) is 6.04 Å². The van der Waals surface area contributed by atoms with Gasteiger partial charge in [0.25, 0.3) is 0 Å². The number of hydrogen-bond acceptors (Lipinski definition) is 4. The molecule has 0 amide bonds. The molecule has 4 nitrogen and oxygen atoms in total. The molecule has 0 bridgehead atoms. The number of aromatic nitrogens is 1. The van der Waals surface area contributed by atoms with Gasteiger partial charge in [0.15, 0.2) is 0 Å². The zero-order valence-electron chi connectivity index (χ0n) is 17.3.